The topological polar surface area (TPSA) is 113 Å². The van der Waals surface area contributed by atoms with E-state index in [2.05, 4.69) is 43.7 Å². The number of nitrogens with one attached hydrogen (secondary N) is 3. The van der Waals surface area contributed by atoms with Gasteiger partial charge < -0.3 is 25.8 Å². The number of nitrogens with zero attached hydrogens (tertiary/aromatic N) is 5. The van der Waals surface area contributed by atoms with E-state index in [0.29, 0.717) is 30.0 Å². The van der Waals surface area contributed by atoms with Gasteiger partial charge >= 0.3 is 0 Å². The van der Waals surface area contributed by atoms with E-state index >= 15 is 0 Å². The summed E-state index contributed by atoms with van der Waals surface area (Å²) >= 11 is 0. The van der Waals surface area contributed by atoms with Crippen molar-refractivity contribution >= 4 is 33.8 Å². The number of aromatic amines is 1. The minimum Gasteiger partial charge on any atom is -0.383 e. The third kappa shape index (κ3) is 6.47. The van der Waals surface area contributed by atoms with Crippen molar-refractivity contribution in [3.63, 3.8) is 0 Å². The van der Waals surface area contributed by atoms with Crippen LogP contribution in [0.15, 0.2) is 61.2 Å². The molecule has 2 saturated heterocycles. The van der Waals surface area contributed by atoms with Crippen molar-refractivity contribution in [1.82, 2.24) is 30.1 Å². The zero-order chi connectivity index (χ0) is 29.1. The quantitative estimate of drug-likeness (QED) is 0.230. The number of likely N-dealkylation sites (N-methyl/N-ethyl adjacent to an activating group) is 1. The largest absolute Gasteiger partial charge is 0.383 e. The highest BCUT2D eigenvalue weighted by Crippen LogP contribution is 2.30. The Morgan fingerprint density at radius 3 is 2.71 bits per heavy atom. The molecule has 5 N–H and O–H groups in total. The van der Waals surface area contributed by atoms with Gasteiger partial charge in [0.15, 0.2) is 0 Å². The maximum atomic E-state index is 13.7. The first-order chi connectivity index (χ1) is 19.6. The lowest BCUT2D eigenvalue weighted by atomic mass is 10.0. The molecule has 0 radical (unpaired) electrons. The lowest BCUT2D eigenvalue weighted by molar-refractivity contribution is 0.0131. The molecule has 0 unspecified atom stereocenters. The maximum absolute atomic E-state index is 13.7. The molecule has 11 heteroatoms. The van der Waals surface area contributed by atoms with Crippen LogP contribution in [0.4, 0.5) is 20.3 Å². The molecule has 0 aromatic carbocycles. The number of halogens is 2. The van der Waals surface area contributed by atoms with Gasteiger partial charge in [0.25, 0.3) is 5.92 Å². The van der Waals surface area contributed by atoms with E-state index in [0.717, 1.165) is 54.0 Å². The van der Waals surface area contributed by atoms with Gasteiger partial charge in [0.1, 0.15) is 11.5 Å². The first kappa shape index (κ1) is 28.4. The number of alkyl halides is 2. The molecular formula is C30H37F2N9. The summed E-state index contributed by atoms with van der Waals surface area (Å²) in [5, 5.41) is 13.0. The van der Waals surface area contributed by atoms with Gasteiger partial charge in [0.05, 0.1) is 18.0 Å². The summed E-state index contributed by atoms with van der Waals surface area (Å²) in [6.07, 6.45) is 8.57. The second kappa shape index (κ2) is 11.8. The van der Waals surface area contributed by atoms with Crippen molar-refractivity contribution in [3.8, 4) is 0 Å². The number of allylic oxidation sites excluding steroid dienone is 2. The van der Waals surface area contributed by atoms with Gasteiger partial charge in [0, 0.05) is 86.5 Å². The number of fused-ring (bicyclic) bond motifs is 1. The van der Waals surface area contributed by atoms with Gasteiger partial charge in [-0.3, -0.25) is 10.3 Å². The lowest BCUT2D eigenvalue weighted by Crippen LogP contribution is -2.44. The van der Waals surface area contributed by atoms with Crippen LogP contribution in [0.1, 0.15) is 30.2 Å². The van der Waals surface area contributed by atoms with Gasteiger partial charge in [-0.25, -0.2) is 18.7 Å². The predicted octanol–water partition coefficient (Wildman–Crippen LogP) is 4.07. The Kier molecular flexibility index (Phi) is 8.18. The minimum atomic E-state index is -2.64. The van der Waals surface area contributed by atoms with Crippen LogP contribution in [0, 0.1) is 5.41 Å². The summed E-state index contributed by atoms with van der Waals surface area (Å²) in [5.74, 6) is -2.40. The van der Waals surface area contributed by atoms with Crippen LogP contribution in [0.2, 0.25) is 0 Å². The SMILES string of the molecule is C=CN/C=C(\C=C(/C)CN1CCC(F)(F)C1)c1cnc(N)c(C(=N)c2cc3c(N4CCN(C)CC4)ccnc3[nH]2)c1. The number of hydrogen-bond acceptors (Lipinski definition) is 8. The zero-order valence-corrected chi connectivity index (χ0v) is 23.6. The average molecular weight is 562 g/mol. The molecule has 0 aliphatic carbocycles. The fourth-order valence-corrected chi connectivity index (χ4v) is 5.41. The van der Waals surface area contributed by atoms with Crippen LogP contribution in [-0.2, 0) is 0 Å². The third-order valence-corrected chi connectivity index (χ3v) is 7.62. The van der Waals surface area contributed by atoms with Gasteiger partial charge in [-0.2, -0.15) is 0 Å². The number of hydrogen-bond donors (Lipinski definition) is 4. The molecule has 0 atom stereocenters. The summed E-state index contributed by atoms with van der Waals surface area (Å²) < 4.78 is 27.4. The number of aromatic nitrogens is 3. The van der Waals surface area contributed by atoms with Crippen molar-refractivity contribution in [2.45, 2.75) is 19.3 Å². The van der Waals surface area contributed by atoms with E-state index in [4.69, 9.17) is 11.1 Å². The van der Waals surface area contributed by atoms with Crippen molar-refractivity contribution in [3.05, 3.63) is 78.0 Å². The molecule has 3 aromatic rings. The van der Waals surface area contributed by atoms with E-state index < -0.39 is 5.92 Å². The molecule has 41 heavy (non-hydrogen) atoms. The third-order valence-electron chi connectivity index (χ3n) is 7.62. The number of nitrogen functional groups attached to an aromatic ring is 1. The fourth-order valence-electron chi connectivity index (χ4n) is 5.41. The number of likely N-dealkylation sites (tertiary alicyclic amines) is 1. The number of nitrogens with two attached hydrogens (primary N) is 1. The van der Waals surface area contributed by atoms with Crippen LogP contribution in [0.5, 0.6) is 0 Å². The van der Waals surface area contributed by atoms with Crippen LogP contribution in [0.25, 0.3) is 16.6 Å². The molecule has 216 valence electrons. The molecule has 0 spiro atoms. The molecule has 0 bridgehead atoms. The zero-order valence-electron chi connectivity index (χ0n) is 23.6. The van der Waals surface area contributed by atoms with E-state index in [9.17, 15) is 8.78 Å². The highest BCUT2D eigenvalue weighted by Gasteiger charge is 2.37. The van der Waals surface area contributed by atoms with Crippen molar-refractivity contribution in [2.24, 2.45) is 0 Å². The Labute approximate surface area is 238 Å². The number of rotatable bonds is 9. The fraction of sp³-hybridized carbons (Fsp3) is 0.367. The highest BCUT2D eigenvalue weighted by atomic mass is 19.3. The Bertz CT molecular complexity index is 1500. The predicted molar refractivity (Wildman–Crippen MR) is 161 cm³/mol. The second-order valence-electron chi connectivity index (χ2n) is 10.9. The van der Waals surface area contributed by atoms with Crippen LogP contribution in [-0.4, -0.2) is 89.2 Å². The molecule has 2 aliphatic heterocycles. The maximum Gasteiger partial charge on any atom is 0.261 e. The number of piperazine rings is 1. The van der Waals surface area contributed by atoms with E-state index in [1.807, 2.05) is 31.2 Å². The molecule has 2 aliphatic rings. The number of H-pyrrole nitrogens is 1. The van der Waals surface area contributed by atoms with Gasteiger partial charge in [-0.15, -0.1) is 0 Å². The molecule has 0 amide bonds. The summed E-state index contributed by atoms with van der Waals surface area (Å²) in [4.78, 5) is 18.6. The average Bonchev–Trinajstić information content (AvgIpc) is 3.54. The molecule has 3 aromatic heterocycles. The van der Waals surface area contributed by atoms with Crippen LogP contribution in [0.3, 0.4) is 0 Å². The Morgan fingerprint density at radius 1 is 1.22 bits per heavy atom. The van der Waals surface area contributed by atoms with E-state index in [-0.39, 0.29) is 24.5 Å². The molecule has 5 rings (SSSR count). The first-order valence-corrected chi connectivity index (χ1v) is 13.7. The normalized spacial score (nSPS) is 18.7. The van der Waals surface area contributed by atoms with Gasteiger partial charge in [-0.1, -0.05) is 18.2 Å². The Balaban J connectivity index is 1.43. The van der Waals surface area contributed by atoms with Gasteiger partial charge in [-0.05, 0) is 43.9 Å². The Morgan fingerprint density at radius 2 is 2.00 bits per heavy atom. The molecule has 5 heterocycles. The molecule has 9 nitrogen and oxygen atoms in total. The first-order valence-electron chi connectivity index (χ1n) is 13.7. The minimum absolute atomic E-state index is 0.117. The summed E-state index contributed by atoms with van der Waals surface area (Å²) in [6, 6.07) is 5.80. The highest BCUT2D eigenvalue weighted by molar-refractivity contribution is 6.15. The molecule has 0 saturated carbocycles. The summed E-state index contributed by atoms with van der Waals surface area (Å²) in [5.41, 5.74) is 11.8. The van der Waals surface area contributed by atoms with Crippen LogP contribution >= 0.6 is 0 Å². The summed E-state index contributed by atoms with van der Waals surface area (Å²) in [7, 11) is 2.13. The Hall–Kier alpha value is -4.09. The van der Waals surface area contributed by atoms with Crippen molar-refractivity contribution in [1.29, 1.82) is 5.41 Å². The van der Waals surface area contributed by atoms with Gasteiger partial charge in [0.2, 0.25) is 0 Å². The van der Waals surface area contributed by atoms with E-state index in [1.165, 1.54) is 0 Å². The lowest BCUT2D eigenvalue weighted by Gasteiger charge is -2.34. The van der Waals surface area contributed by atoms with Crippen molar-refractivity contribution < 1.29 is 8.78 Å². The van der Waals surface area contributed by atoms with E-state index in [1.54, 1.807) is 29.7 Å². The number of pyridine rings is 2. The molecule has 2 fully saturated rings. The molecular weight excluding hydrogens is 524 g/mol. The van der Waals surface area contributed by atoms with Crippen LogP contribution < -0.4 is 16.0 Å². The number of anilines is 2. The monoisotopic (exact) mass is 561 g/mol. The van der Waals surface area contributed by atoms with Crippen molar-refractivity contribution in [2.75, 3.05) is 63.5 Å². The standard InChI is InChI=1S/C30H37F2N9/c1-4-35-16-21(13-20(2)18-40-8-6-30(31,32)19-40)22-14-24(28(34)37-17-22)27(33)25-15-23-26(5-7-36-29(23)38-25)41-11-9-39(3)10-12-41/h4-5,7,13-17,33,35H,1,6,8-12,18-19H2,2-3H3,(H2,34,37)(H,36,38)/b20-13+,21-16+,33-27?. The second-order valence-corrected chi connectivity index (χ2v) is 10.9. The summed E-state index contributed by atoms with van der Waals surface area (Å²) in [6.45, 7) is 10.0. The smallest absolute Gasteiger partial charge is 0.261 e.